The Morgan fingerprint density at radius 3 is 2.68 bits per heavy atom. The molecule has 100 valence electrons. The largest absolute Gasteiger partial charge is 0.383 e. The molecule has 0 atom stereocenters. The van der Waals surface area contributed by atoms with Crippen LogP contribution < -0.4 is 11.1 Å². The summed E-state index contributed by atoms with van der Waals surface area (Å²) in [5, 5.41) is 3.35. The topological polar surface area (TPSA) is 63.8 Å². The number of benzene rings is 1. The van der Waals surface area contributed by atoms with Gasteiger partial charge in [0.05, 0.1) is 0 Å². The Morgan fingerprint density at radius 1 is 1.26 bits per heavy atom. The molecule has 3 N–H and O–H groups in total. The number of nitrogens with zero attached hydrogens (tertiary/aromatic N) is 2. The van der Waals surface area contributed by atoms with Crippen LogP contribution in [0.3, 0.4) is 0 Å². The fourth-order valence-corrected chi connectivity index (χ4v) is 2.28. The molecule has 1 aromatic heterocycles. The van der Waals surface area contributed by atoms with Crippen molar-refractivity contribution in [1.82, 2.24) is 9.97 Å². The zero-order valence-electron chi connectivity index (χ0n) is 11.3. The minimum absolute atomic E-state index is 0.519. The quantitative estimate of drug-likeness (QED) is 0.904. The maximum Gasteiger partial charge on any atom is 0.139 e. The summed E-state index contributed by atoms with van der Waals surface area (Å²) in [7, 11) is 0. The molecule has 0 aliphatic carbocycles. The van der Waals surface area contributed by atoms with Gasteiger partial charge < -0.3 is 11.1 Å². The fourth-order valence-electron chi connectivity index (χ4n) is 1.88. The van der Waals surface area contributed by atoms with Gasteiger partial charge in [-0.15, -0.1) is 0 Å². The lowest BCUT2D eigenvalue weighted by Gasteiger charge is -2.14. The van der Waals surface area contributed by atoms with Crippen LogP contribution in [0.5, 0.6) is 0 Å². The summed E-state index contributed by atoms with van der Waals surface area (Å²) in [6, 6.07) is 6.15. The molecule has 2 aromatic rings. The minimum atomic E-state index is 0.519. The number of hydrogen-bond donors (Lipinski definition) is 2. The van der Waals surface area contributed by atoms with E-state index in [0.717, 1.165) is 28.0 Å². The van der Waals surface area contributed by atoms with E-state index in [-0.39, 0.29) is 0 Å². The van der Waals surface area contributed by atoms with Gasteiger partial charge in [-0.2, -0.15) is 0 Å². The van der Waals surface area contributed by atoms with Crippen molar-refractivity contribution >= 4 is 33.3 Å². The normalized spacial score (nSPS) is 10.5. The molecule has 2 rings (SSSR count). The number of nitrogens with one attached hydrogen (secondary N) is 1. The van der Waals surface area contributed by atoms with Crippen molar-refractivity contribution in [1.29, 1.82) is 0 Å². The number of nitrogen functional groups attached to an aromatic ring is 1. The second kappa shape index (κ2) is 5.57. The maximum atomic E-state index is 5.87. The third-order valence-electron chi connectivity index (χ3n) is 3.00. The number of rotatable bonds is 3. The highest BCUT2D eigenvalue weighted by Crippen LogP contribution is 2.26. The highest BCUT2D eigenvalue weighted by atomic mass is 79.9. The lowest BCUT2D eigenvalue weighted by molar-refractivity contribution is 1.04. The van der Waals surface area contributed by atoms with E-state index in [9.17, 15) is 0 Å². The molecular formula is C14H17BrN4. The molecule has 0 aliphatic heterocycles. The molecule has 1 aromatic carbocycles. The second-order valence-electron chi connectivity index (χ2n) is 4.41. The lowest BCUT2D eigenvalue weighted by Crippen LogP contribution is -2.06. The summed E-state index contributed by atoms with van der Waals surface area (Å²) >= 11 is 3.49. The van der Waals surface area contributed by atoms with E-state index >= 15 is 0 Å². The Hall–Kier alpha value is -1.62. The molecule has 0 saturated carbocycles. The van der Waals surface area contributed by atoms with Crippen molar-refractivity contribution in [2.45, 2.75) is 27.2 Å². The second-order valence-corrected chi connectivity index (χ2v) is 5.33. The van der Waals surface area contributed by atoms with Crippen LogP contribution in [0, 0.1) is 13.8 Å². The minimum Gasteiger partial charge on any atom is -0.383 e. The number of anilines is 3. The van der Waals surface area contributed by atoms with Gasteiger partial charge in [0.2, 0.25) is 0 Å². The fraction of sp³-hybridized carbons (Fsp3) is 0.286. The predicted octanol–water partition coefficient (Wildman–Crippen LogP) is 3.74. The number of aromatic nitrogens is 2. The molecule has 1 heterocycles. The Balaban J connectivity index is 2.41. The summed E-state index contributed by atoms with van der Waals surface area (Å²) in [5.74, 6) is 1.95. The van der Waals surface area contributed by atoms with Crippen LogP contribution in [0.2, 0.25) is 0 Å². The average molecular weight is 321 g/mol. The third-order valence-corrected chi connectivity index (χ3v) is 3.49. The van der Waals surface area contributed by atoms with Crippen LogP contribution in [0.25, 0.3) is 0 Å². The molecule has 4 nitrogen and oxygen atoms in total. The molecule has 0 spiro atoms. The first-order valence-electron chi connectivity index (χ1n) is 6.17. The Kier molecular flexibility index (Phi) is 4.04. The summed E-state index contributed by atoms with van der Waals surface area (Å²) < 4.78 is 1.07. The first-order valence-corrected chi connectivity index (χ1v) is 6.96. The van der Waals surface area contributed by atoms with E-state index in [1.54, 1.807) is 0 Å². The molecule has 0 unspecified atom stereocenters. The van der Waals surface area contributed by atoms with E-state index in [1.165, 1.54) is 5.56 Å². The third kappa shape index (κ3) is 3.04. The van der Waals surface area contributed by atoms with Gasteiger partial charge in [0, 0.05) is 15.7 Å². The van der Waals surface area contributed by atoms with Crippen molar-refractivity contribution in [3.63, 3.8) is 0 Å². The Labute approximate surface area is 121 Å². The average Bonchev–Trinajstić information content (AvgIpc) is 2.37. The molecule has 0 amide bonds. The van der Waals surface area contributed by atoms with E-state index in [1.807, 2.05) is 26.0 Å². The molecule has 0 saturated heterocycles. The smallest absolute Gasteiger partial charge is 0.139 e. The zero-order valence-corrected chi connectivity index (χ0v) is 12.9. The summed E-state index contributed by atoms with van der Waals surface area (Å²) in [4.78, 5) is 8.56. The summed E-state index contributed by atoms with van der Waals surface area (Å²) in [5.41, 5.74) is 9.02. The van der Waals surface area contributed by atoms with E-state index in [0.29, 0.717) is 11.6 Å². The number of aryl methyl sites for hydroxylation is 2. The lowest BCUT2D eigenvalue weighted by atomic mass is 10.1. The highest BCUT2D eigenvalue weighted by Gasteiger charge is 2.09. The molecule has 0 radical (unpaired) electrons. The first kappa shape index (κ1) is 13.8. The Morgan fingerprint density at radius 2 is 2.00 bits per heavy atom. The van der Waals surface area contributed by atoms with Crippen molar-refractivity contribution in [2.24, 2.45) is 0 Å². The van der Waals surface area contributed by atoms with Gasteiger partial charge in [-0.05, 0) is 44.0 Å². The first-order chi connectivity index (χ1) is 9.01. The van der Waals surface area contributed by atoms with Crippen LogP contribution in [0.1, 0.15) is 23.9 Å². The molecule has 19 heavy (non-hydrogen) atoms. The number of halogens is 1. The molecular weight excluding hydrogens is 304 g/mol. The number of nitrogens with two attached hydrogens (primary N) is 1. The van der Waals surface area contributed by atoms with Gasteiger partial charge in [-0.1, -0.05) is 22.9 Å². The Bertz CT molecular complexity index is 611. The van der Waals surface area contributed by atoms with E-state index in [4.69, 9.17) is 5.73 Å². The van der Waals surface area contributed by atoms with Crippen LogP contribution in [-0.2, 0) is 6.42 Å². The molecule has 0 aliphatic rings. The number of hydrogen-bond acceptors (Lipinski definition) is 4. The summed E-state index contributed by atoms with van der Waals surface area (Å²) in [6.45, 7) is 5.88. The maximum absolute atomic E-state index is 5.87. The van der Waals surface area contributed by atoms with Gasteiger partial charge in [0.1, 0.15) is 17.5 Å². The van der Waals surface area contributed by atoms with Crippen molar-refractivity contribution in [2.75, 3.05) is 11.1 Å². The van der Waals surface area contributed by atoms with Gasteiger partial charge in [-0.3, -0.25) is 0 Å². The standard InChI is InChI=1S/C14H17BrN4/c1-4-10-7-11(15)5-6-12(10)19-14-8(2)13(16)17-9(3)18-14/h5-7H,4H2,1-3H3,(H3,16,17,18,19). The van der Waals surface area contributed by atoms with Crippen molar-refractivity contribution in [3.8, 4) is 0 Å². The highest BCUT2D eigenvalue weighted by molar-refractivity contribution is 9.10. The van der Waals surface area contributed by atoms with Crippen LogP contribution >= 0.6 is 15.9 Å². The van der Waals surface area contributed by atoms with Crippen LogP contribution in [0.4, 0.5) is 17.3 Å². The molecule has 5 heteroatoms. The molecule has 0 fully saturated rings. The van der Waals surface area contributed by atoms with Crippen LogP contribution in [-0.4, -0.2) is 9.97 Å². The van der Waals surface area contributed by atoms with Gasteiger partial charge in [0.25, 0.3) is 0 Å². The monoisotopic (exact) mass is 320 g/mol. The SMILES string of the molecule is CCc1cc(Br)ccc1Nc1nc(C)nc(N)c1C. The van der Waals surface area contributed by atoms with E-state index in [2.05, 4.69) is 44.2 Å². The van der Waals surface area contributed by atoms with Crippen molar-refractivity contribution < 1.29 is 0 Å². The van der Waals surface area contributed by atoms with Gasteiger partial charge >= 0.3 is 0 Å². The zero-order chi connectivity index (χ0) is 14.0. The van der Waals surface area contributed by atoms with Crippen molar-refractivity contribution in [3.05, 3.63) is 39.6 Å². The predicted molar refractivity (Wildman–Crippen MR) is 82.7 cm³/mol. The molecule has 0 bridgehead atoms. The van der Waals surface area contributed by atoms with Gasteiger partial charge in [-0.25, -0.2) is 9.97 Å². The van der Waals surface area contributed by atoms with E-state index < -0.39 is 0 Å². The van der Waals surface area contributed by atoms with Gasteiger partial charge in [0.15, 0.2) is 0 Å². The summed E-state index contributed by atoms with van der Waals surface area (Å²) in [6.07, 6.45) is 0.945. The van der Waals surface area contributed by atoms with Crippen LogP contribution in [0.15, 0.2) is 22.7 Å².